The molecule has 2 N–H and O–H groups in total. The highest BCUT2D eigenvalue weighted by Crippen LogP contribution is 2.15. The van der Waals surface area contributed by atoms with Crippen LogP contribution in [0.5, 0.6) is 0 Å². The zero-order chi connectivity index (χ0) is 17.3. The predicted octanol–water partition coefficient (Wildman–Crippen LogP) is 1.31. The number of carboxylic acids is 1. The van der Waals surface area contributed by atoms with Crippen LogP contribution in [0.15, 0.2) is 41.3 Å². The second kappa shape index (κ2) is 6.11. The number of nitrogens with zero attached hydrogens (tertiary/aromatic N) is 3. The van der Waals surface area contributed by atoms with Crippen LogP contribution in [0.3, 0.4) is 0 Å². The van der Waals surface area contributed by atoms with Crippen LogP contribution in [0.4, 0.5) is 0 Å². The molecule has 0 radical (unpaired) electrons. The van der Waals surface area contributed by atoms with Crippen LogP contribution >= 0.6 is 0 Å². The largest absolute Gasteiger partial charge is 0.511 e. The van der Waals surface area contributed by atoms with Gasteiger partial charge in [-0.15, -0.1) is 10.2 Å². The quantitative estimate of drug-likeness (QED) is 0.749. The Morgan fingerprint density at radius 1 is 1.12 bits per heavy atom. The summed E-state index contributed by atoms with van der Waals surface area (Å²) >= 11 is 0. The number of aliphatic hydroxyl groups excluding tert-OH is 1. The lowest BCUT2D eigenvalue weighted by atomic mass is 10.1. The molecule has 7 nitrogen and oxygen atoms in total. The Bertz CT molecular complexity index is 1030. The topological polar surface area (TPSA) is 105 Å². The fourth-order valence-electron chi connectivity index (χ4n) is 2.55. The van der Waals surface area contributed by atoms with E-state index in [-0.39, 0.29) is 29.5 Å². The number of aliphatic carboxylic acids is 1. The van der Waals surface area contributed by atoms with Gasteiger partial charge >= 0.3 is 5.97 Å². The number of hydrogen-bond acceptors (Lipinski definition) is 5. The summed E-state index contributed by atoms with van der Waals surface area (Å²) in [5.74, 6) is -0.783. The SMILES string of the molecule is Cc1nnc2/c(=C(\O)CCC(=O)O)c(=O)c(-c3ccccc3)cn12. The molecule has 0 bridgehead atoms. The number of pyridine rings is 1. The molecule has 3 aromatic rings. The maximum absolute atomic E-state index is 12.9. The van der Waals surface area contributed by atoms with Crippen LogP contribution in [0.25, 0.3) is 22.5 Å². The lowest BCUT2D eigenvalue weighted by Crippen LogP contribution is -2.31. The third kappa shape index (κ3) is 2.71. The first-order valence-electron chi connectivity index (χ1n) is 7.36. The van der Waals surface area contributed by atoms with Gasteiger partial charge < -0.3 is 10.2 Å². The highest BCUT2D eigenvalue weighted by molar-refractivity contribution is 5.69. The van der Waals surface area contributed by atoms with Gasteiger partial charge in [-0.1, -0.05) is 30.3 Å². The van der Waals surface area contributed by atoms with Crippen LogP contribution < -0.4 is 10.6 Å². The van der Waals surface area contributed by atoms with Crippen molar-refractivity contribution in [3.63, 3.8) is 0 Å². The Balaban J connectivity index is 2.36. The minimum atomic E-state index is -1.05. The third-order valence-electron chi connectivity index (χ3n) is 3.77. The molecule has 0 aliphatic rings. The first-order chi connectivity index (χ1) is 11.5. The van der Waals surface area contributed by atoms with Gasteiger partial charge in [0.1, 0.15) is 16.8 Å². The first-order valence-corrected chi connectivity index (χ1v) is 7.36. The molecule has 7 heteroatoms. The number of fused-ring (bicyclic) bond motifs is 1. The molecular weight excluding hydrogens is 310 g/mol. The summed E-state index contributed by atoms with van der Waals surface area (Å²) in [6.07, 6.45) is 1.21. The van der Waals surface area contributed by atoms with Crippen molar-refractivity contribution in [3.05, 3.63) is 57.8 Å². The van der Waals surface area contributed by atoms with Crippen molar-refractivity contribution in [2.45, 2.75) is 19.8 Å². The monoisotopic (exact) mass is 325 g/mol. The third-order valence-corrected chi connectivity index (χ3v) is 3.77. The van der Waals surface area contributed by atoms with E-state index in [0.29, 0.717) is 17.0 Å². The molecule has 3 rings (SSSR count). The minimum absolute atomic E-state index is 0.00166. The van der Waals surface area contributed by atoms with Gasteiger partial charge in [0, 0.05) is 18.2 Å². The highest BCUT2D eigenvalue weighted by atomic mass is 16.4. The van der Waals surface area contributed by atoms with Gasteiger partial charge in [-0.2, -0.15) is 0 Å². The van der Waals surface area contributed by atoms with E-state index < -0.39 is 11.4 Å². The van der Waals surface area contributed by atoms with E-state index in [1.165, 1.54) is 0 Å². The highest BCUT2D eigenvalue weighted by Gasteiger charge is 2.15. The van der Waals surface area contributed by atoms with Gasteiger partial charge in [-0.25, -0.2) is 0 Å². The Kier molecular flexibility index (Phi) is 3.99. The number of aromatic nitrogens is 3. The van der Waals surface area contributed by atoms with Gasteiger partial charge in [-0.3, -0.25) is 14.0 Å². The standard InChI is InChI=1S/C17H15N3O4/c1-10-18-19-17-15(13(21)7-8-14(22)23)16(24)12(9-20(10)17)11-5-3-2-4-6-11/h2-6,9,21H,7-8H2,1H3,(H,22,23)/b15-13-. The Hall–Kier alpha value is -3.22. The molecule has 0 aliphatic heterocycles. The van der Waals surface area contributed by atoms with E-state index in [1.54, 1.807) is 29.7 Å². The van der Waals surface area contributed by atoms with Gasteiger partial charge in [0.05, 0.1) is 6.42 Å². The number of benzene rings is 1. The molecule has 0 saturated heterocycles. The number of aryl methyl sites for hydroxylation is 1. The predicted molar refractivity (Wildman–Crippen MR) is 87.6 cm³/mol. The fourth-order valence-corrected chi connectivity index (χ4v) is 2.55. The molecule has 1 aromatic carbocycles. The number of rotatable bonds is 4. The molecule has 122 valence electrons. The number of aliphatic hydroxyl groups is 1. The van der Waals surface area contributed by atoms with Crippen molar-refractivity contribution in [3.8, 4) is 11.1 Å². The van der Waals surface area contributed by atoms with E-state index in [9.17, 15) is 14.7 Å². The second-order valence-electron chi connectivity index (χ2n) is 5.39. The average Bonchev–Trinajstić information content (AvgIpc) is 2.93. The minimum Gasteiger partial charge on any atom is -0.511 e. The van der Waals surface area contributed by atoms with Crippen LogP contribution in [0.2, 0.25) is 0 Å². The maximum atomic E-state index is 12.9. The van der Waals surface area contributed by atoms with Crippen LogP contribution in [-0.4, -0.2) is 30.8 Å². The molecule has 0 fully saturated rings. The van der Waals surface area contributed by atoms with Crippen LogP contribution in [-0.2, 0) is 4.79 Å². The summed E-state index contributed by atoms with van der Waals surface area (Å²) in [6, 6.07) is 9.05. The van der Waals surface area contributed by atoms with Gasteiger partial charge in [0.15, 0.2) is 5.65 Å². The second-order valence-corrected chi connectivity index (χ2v) is 5.39. The van der Waals surface area contributed by atoms with E-state index in [4.69, 9.17) is 5.11 Å². The summed E-state index contributed by atoms with van der Waals surface area (Å²) in [5, 5.41) is 27.0. The van der Waals surface area contributed by atoms with E-state index >= 15 is 0 Å². The Labute approximate surface area is 136 Å². The summed E-state index contributed by atoms with van der Waals surface area (Å²) in [6.45, 7) is 1.73. The molecular formula is C17H15N3O4. The summed E-state index contributed by atoms with van der Waals surface area (Å²) < 4.78 is 1.62. The fraction of sp³-hybridized carbons (Fsp3) is 0.176. The molecule has 0 saturated carbocycles. The Morgan fingerprint density at radius 3 is 2.50 bits per heavy atom. The molecule has 2 heterocycles. The molecule has 24 heavy (non-hydrogen) atoms. The lowest BCUT2D eigenvalue weighted by Gasteiger charge is -2.05. The summed E-state index contributed by atoms with van der Waals surface area (Å²) in [5.41, 5.74) is 0.914. The van der Waals surface area contributed by atoms with E-state index in [1.807, 2.05) is 18.2 Å². The smallest absolute Gasteiger partial charge is 0.303 e. The molecule has 2 aromatic heterocycles. The zero-order valence-electron chi connectivity index (χ0n) is 12.9. The normalized spacial score (nSPS) is 12.4. The van der Waals surface area contributed by atoms with Crippen molar-refractivity contribution in [1.29, 1.82) is 0 Å². The Morgan fingerprint density at radius 2 is 1.83 bits per heavy atom. The molecule has 0 atom stereocenters. The lowest BCUT2D eigenvalue weighted by molar-refractivity contribution is -0.136. The van der Waals surface area contributed by atoms with Gasteiger partial charge in [-0.05, 0) is 12.5 Å². The van der Waals surface area contributed by atoms with Crippen LogP contribution in [0.1, 0.15) is 18.7 Å². The van der Waals surface area contributed by atoms with E-state index in [2.05, 4.69) is 10.2 Å². The van der Waals surface area contributed by atoms with Gasteiger partial charge in [0.25, 0.3) is 0 Å². The van der Waals surface area contributed by atoms with Crippen molar-refractivity contribution in [2.75, 3.05) is 0 Å². The number of carboxylic acid groups (broad SMARTS) is 1. The van der Waals surface area contributed by atoms with Crippen molar-refractivity contribution < 1.29 is 15.0 Å². The van der Waals surface area contributed by atoms with Gasteiger partial charge in [0.2, 0.25) is 5.43 Å². The average molecular weight is 325 g/mol. The van der Waals surface area contributed by atoms with E-state index in [0.717, 1.165) is 0 Å². The molecule has 0 aliphatic carbocycles. The van der Waals surface area contributed by atoms with Crippen LogP contribution in [0, 0.1) is 6.92 Å². The molecule has 0 amide bonds. The van der Waals surface area contributed by atoms with Crippen molar-refractivity contribution in [1.82, 2.24) is 14.6 Å². The first kappa shape index (κ1) is 15.7. The zero-order valence-corrected chi connectivity index (χ0v) is 12.9. The number of carbonyl (C=O) groups is 1. The number of hydrogen-bond donors (Lipinski definition) is 2. The maximum Gasteiger partial charge on any atom is 0.303 e. The molecule has 0 spiro atoms. The summed E-state index contributed by atoms with van der Waals surface area (Å²) in [4.78, 5) is 23.6. The summed E-state index contributed by atoms with van der Waals surface area (Å²) in [7, 11) is 0. The molecule has 0 unspecified atom stereocenters. The van der Waals surface area contributed by atoms with Crippen molar-refractivity contribution in [2.24, 2.45) is 0 Å². The van der Waals surface area contributed by atoms with Crippen molar-refractivity contribution >= 4 is 17.4 Å².